The first-order chi connectivity index (χ1) is 16.4. The Morgan fingerprint density at radius 2 is 1.94 bits per heavy atom. The van der Waals surface area contributed by atoms with Crippen molar-refractivity contribution in [3.63, 3.8) is 0 Å². The molecular formula is C22H26N4O6S2. The summed E-state index contributed by atoms with van der Waals surface area (Å²) in [6, 6.07) is 13.9. The van der Waals surface area contributed by atoms with Crippen LogP contribution in [0.3, 0.4) is 0 Å². The van der Waals surface area contributed by atoms with Gasteiger partial charge in [0.1, 0.15) is 6.04 Å². The number of aromatic amines is 2. The molecule has 2 heterocycles. The Kier molecular flexibility index (Phi) is 7.93. The average molecular weight is 507 g/mol. The third kappa shape index (κ3) is 6.63. The number of anilines is 1. The van der Waals surface area contributed by atoms with E-state index >= 15 is 0 Å². The molecule has 1 aromatic heterocycles. The minimum absolute atomic E-state index is 0.0575. The summed E-state index contributed by atoms with van der Waals surface area (Å²) in [5, 5.41) is 0. The van der Waals surface area contributed by atoms with E-state index in [1.54, 1.807) is 12.1 Å². The van der Waals surface area contributed by atoms with Crippen LogP contribution in [0.15, 0.2) is 53.3 Å². The molecule has 0 aliphatic carbocycles. The Morgan fingerprint density at radius 3 is 2.76 bits per heavy atom. The number of ether oxygens (including phenoxy) is 2. The highest BCUT2D eigenvalue weighted by molar-refractivity contribution is 8.71. The standard InChI is InChI=1S/C22H26N4O6S2/c27-21(32-12-5-4-8-16-6-2-1-3-7-16)20-15-31-13-11-26(20)33-34(29,30)25-17-9-10-18-19(14-17)24-22(28)23-18/h1-3,6-7,9-10,14,20,25H,4-5,8,11-13,15H2,(H2,23,24,28). The second kappa shape index (κ2) is 11.1. The summed E-state index contributed by atoms with van der Waals surface area (Å²) in [6.07, 6.45) is 2.50. The van der Waals surface area contributed by atoms with Crippen LogP contribution >= 0.6 is 11.0 Å². The van der Waals surface area contributed by atoms with Crippen molar-refractivity contribution in [1.29, 1.82) is 0 Å². The summed E-state index contributed by atoms with van der Waals surface area (Å²) < 4.78 is 40.2. The highest BCUT2D eigenvalue weighted by Gasteiger charge is 2.34. The minimum atomic E-state index is -3.90. The first-order valence-corrected chi connectivity index (χ1v) is 13.7. The predicted molar refractivity (Wildman–Crippen MR) is 131 cm³/mol. The van der Waals surface area contributed by atoms with Gasteiger partial charge >= 0.3 is 20.7 Å². The molecule has 0 spiro atoms. The summed E-state index contributed by atoms with van der Waals surface area (Å²) in [5.41, 5.74) is 2.20. The number of hydrogen-bond donors (Lipinski definition) is 3. The first-order valence-electron chi connectivity index (χ1n) is 10.9. The summed E-state index contributed by atoms with van der Waals surface area (Å²) in [4.78, 5) is 29.2. The number of morpholine rings is 1. The molecule has 1 aliphatic rings. The normalized spacial score (nSPS) is 17.0. The lowest BCUT2D eigenvalue weighted by Gasteiger charge is -2.32. The number of unbranched alkanes of at least 4 members (excludes halogenated alkanes) is 1. The molecular weight excluding hydrogens is 480 g/mol. The molecule has 1 unspecified atom stereocenters. The Hall–Kier alpha value is -2.80. The van der Waals surface area contributed by atoms with Crippen LogP contribution in [0.2, 0.25) is 0 Å². The van der Waals surface area contributed by atoms with E-state index in [0.717, 1.165) is 12.8 Å². The van der Waals surface area contributed by atoms with Crippen molar-refractivity contribution < 1.29 is 22.7 Å². The highest BCUT2D eigenvalue weighted by Crippen LogP contribution is 2.27. The van der Waals surface area contributed by atoms with Crippen molar-refractivity contribution in [2.45, 2.75) is 25.3 Å². The van der Waals surface area contributed by atoms with Crippen LogP contribution in [0.25, 0.3) is 11.0 Å². The maximum atomic E-state index is 12.7. The van der Waals surface area contributed by atoms with Gasteiger partial charge in [-0.3, -0.25) is 9.52 Å². The molecule has 0 amide bonds. The van der Waals surface area contributed by atoms with Gasteiger partial charge in [-0.2, -0.15) is 8.42 Å². The zero-order chi connectivity index (χ0) is 24.0. The number of rotatable bonds is 10. The van der Waals surface area contributed by atoms with Gasteiger partial charge < -0.3 is 19.4 Å². The van der Waals surface area contributed by atoms with Gasteiger partial charge in [-0.1, -0.05) is 30.3 Å². The van der Waals surface area contributed by atoms with Gasteiger partial charge in [-0.05, 0) is 43.0 Å². The lowest BCUT2D eigenvalue weighted by atomic mass is 10.1. The number of hydrogen-bond acceptors (Lipinski definition) is 8. The van der Waals surface area contributed by atoms with Crippen LogP contribution in [0.4, 0.5) is 5.69 Å². The molecule has 4 rings (SSSR count). The Labute approximate surface area is 200 Å². The van der Waals surface area contributed by atoms with Crippen molar-refractivity contribution in [1.82, 2.24) is 14.3 Å². The molecule has 2 aromatic carbocycles. The van der Waals surface area contributed by atoms with E-state index in [4.69, 9.17) is 9.47 Å². The zero-order valence-corrected chi connectivity index (χ0v) is 20.0. The molecule has 1 saturated heterocycles. The molecule has 1 atom stereocenters. The molecule has 1 fully saturated rings. The quantitative estimate of drug-likeness (QED) is 0.165. The van der Waals surface area contributed by atoms with Crippen molar-refractivity contribution in [3.05, 3.63) is 64.6 Å². The summed E-state index contributed by atoms with van der Waals surface area (Å²) in [5.74, 6) is -0.506. The minimum Gasteiger partial charge on any atom is -0.464 e. The number of nitrogens with one attached hydrogen (secondary N) is 3. The van der Waals surface area contributed by atoms with Crippen LogP contribution in [0, 0.1) is 0 Å². The summed E-state index contributed by atoms with van der Waals surface area (Å²) in [7, 11) is -3.36. The van der Waals surface area contributed by atoms with Crippen LogP contribution in [0.5, 0.6) is 0 Å². The van der Waals surface area contributed by atoms with Crippen LogP contribution in [-0.4, -0.2) is 61.1 Å². The largest absolute Gasteiger partial charge is 0.464 e. The summed E-state index contributed by atoms with van der Waals surface area (Å²) >= 11 is 0. The maximum absolute atomic E-state index is 12.7. The molecule has 0 radical (unpaired) electrons. The van der Waals surface area contributed by atoms with E-state index in [1.807, 2.05) is 18.2 Å². The lowest BCUT2D eigenvalue weighted by Crippen LogP contribution is -2.47. The van der Waals surface area contributed by atoms with Gasteiger partial charge in [-0.15, -0.1) is 0 Å². The van der Waals surface area contributed by atoms with Gasteiger partial charge in [-0.25, -0.2) is 9.10 Å². The topological polar surface area (TPSA) is 134 Å². The number of fused-ring (bicyclic) bond motifs is 1. The molecule has 12 heteroatoms. The smallest absolute Gasteiger partial charge is 0.326 e. The van der Waals surface area contributed by atoms with Gasteiger partial charge in [0.25, 0.3) is 0 Å². The third-order valence-electron chi connectivity index (χ3n) is 5.25. The van der Waals surface area contributed by atoms with Crippen molar-refractivity contribution in [2.24, 2.45) is 0 Å². The van der Waals surface area contributed by atoms with Crippen molar-refractivity contribution in [2.75, 3.05) is 31.1 Å². The number of aromatic nitrogens is 2. The van der Waals surface area contributed by atoms with E-state index in [-0.39, 0.29) is 25.4 Å². The van der Waals surface area contributed by atoms with E-state index in [0.29, 0.717) is 40.7 Å². The number of aryl methyl sites for hydroxylation is 1. The van der Waals surface area contributed by atoms with Crippen LogP contribution < -0.4 is 10.4 Å². The summed E-state index contributed by atoms with van der Waals surface area (Å²) in [6.45, 7) is 0.881. The van der Waals surface area contributed by atoms with E-state index < -0.39 is 21.1 Å². The van der Waals surface area contributed by atoms with E-state index in [1.165, 1.54) is 15.9 Å². The second-order valence-electron chi connectivity index (χ2n) is 7.81. The predicted octanol–water partition coefficient (Wildman–Crippen LogP) is 2.43. The lowest BCUT2D eigenvalue weighted by molar-refractivity contribution is -0.152. The zero-order valence-electron chi connectivity index (χ0n) is 18.4. The van der Waals surface area contributed by atoms with Gasteiger partial charge in [0.15, 0.2) is 0 Å². The Morgan fingerprint density at radius 1 is 1.15 bits per heavy atom. The fourth-order valence-electron chi connectivity index (χ4n) is 3.59. The fourth-order valence-corrected chi connectivity index (χ4v) is 6.39. The molecule has 10 nitrogen and oxygen atoms in total. The third-order valence-corrected chi connectivity index (χ3v) is 7.97. The number of carbonyl (C=O) groups excluding carboxylic acids is 1. The molecule has 182 valence electrons. The van der Waals surface area contributed by atoms with Gasteiger partial charge in [0.2, 0.25) is 0 Å². The number of esters is 1. The van der Waals surface area contributed by atoms with E-state index in [2.05, 4.69) is 26.8 Å². The molecule has 3 aromatic rings. The van der Waals surface area contributed by atoms with Crippen LogP contribution in [0.1, 0.15) is 18.4 Å². The molecule has 0 saturated carbocycles. The van der Waals surface area contributed by atoms with Crippen molar-refractivity contribution in [3.8, 4) is 0 Å². The Bertz CT molecular complexity index is 1280. The molecule has 0 bridgehead atoms. The number of benzene rings is 2. The first kappa shape index (κ1) is 24.3. The number of carbonyl (C=O) groups is 1. The fraction of sp³-hybridized carbons (Fsp3) is 0.364. The molecule has 1 aliphatic heterocycles. The van der Waals surface area contributed by atoms with Gasteiger partial charge in [0.05, 0.1) is 47.5 Å². The Balaban J connectivity index is 1.29. The highest BCUT2D eigenvalue weighted by atomic mass is 33.1. The van der Waals surface area contributed by atoms with Gasteiger partial charge in [0, 0.05) is 6.54 Å². The van der Waals surface area contributed by atoms with E-state index in [9.17, 15) is 18.0 Å². The van der Waals surface area contributed by atoms with Crippen LogP contribution in [-0.2, 0) is 29.7 Å². The number of H-pyrrole nitrogens is 2. The number of imidazole rings is 1. The number of nitrogens with zero attached hydrogens (tertiary/aromatic N) is 1. The second-order valence-corrected chi connectivity index (χ2v) is 11.3. The monoisotopic (exact) mass is 506 g/mol. The molecule has 34 heavy (non-hydrogen) atoms. The SMILES string of the molecule is O=C(OCCCCc1ccccc1)C1COCCN1SS(=O)(=O)Nc1ccc2[nH]c(=O)[nH]c2c1. The average Bonchev–Trinajstić information content (AvgIpc) is 3.18. The molecule has 3 N–H and O–H groups in total. The maximum Gasteiger partial charge on any atom is 0.326 e. The van der Waals surface area contributed by atoms with Crippen molar-refractivity contribution >= 4 is 42.7 Å².